The molecule has 16 heavy (non-hydrogen) atoms. The number of nitrogens with one attached hydrogen (secondary N) is 1. The second-order valence-corrected chi connectivity index (χ2v) is 5.02. The number of rotatable bonds is 5. The zero-order chi connectivity index (χ0) is 12.1. The van der Waals surface area contributed by atoms with Crippen LogP contribution >= 0.6 is 0 Å². The maximum atomic E-state index is 5.21. The zero-order valence-corrected chi connectivity index (χ0v) is 11.4. The van der Waals surface area contributed by atoms with E-state index in [2.05, 4.69) is 36.0 Å². The Morgan fingerprint density at radius 3 is 2.31 bits per heavy atom. The molecule has 0 bridgehead atoms. The molecule has 1 heterocycles. The minimum absolute atomic E-state index is 0.438. The molecule has 1 saturated heterocycles. The van der Waals surface area contributed by atoms with Crippen molar-refractivity contribution in [2.75, 3.05) is 47.4 Å². The van der Waals surface area contributed by atoms with Gasteiger partial charge in [-0.1, -0.05) is 0 Å². The van der Waals surface area contributed by atoms with Gasteiger partial charge < -0.3 is 10.1 Å². The van der Waals surface area contributed by atoms with Crippen LogP contribution < -0.4 is 5.32 Å². The first kappa shape index (κ1) is 13.9. The van der Waals surface area contributed by atoms with Crippen molar-refractivity contribution in [3.05, 3.63) is 0 Å². The molecule has 1 aliphatic rings. The van der Waals surface area contributed by atoms with E-state index in [1.165, 1.54) is 0 Å². The Morgan fingerprint density at radius 1 is 1.31 bits per heavy atom. The van der Waals surface area contributed by atoms with E-state index in [9.17, 15) is 0 Å². The van der Waals surface area contributed by atoms with Gasteiger partial charge in [0.25, 0.3) is 0 Å². The van der Waals surface area contributed by atoms with Crippen molar-refractivity contribution in [2.45, 2.75) is 32.0 Å². The van der Waals surface area contributed by atoms with Crippen molar-refractivity contribution in [1.82, 2.24) is 15.1 Å². The maximum absolute atomic E-state index is 5.21. The molecule has 0 amide bonds. The number of ether oxygens (including phenoxy) is 1. The Labute approximate surface area is 99.9 Å². The lowest BCUT2D eigenvalue weighted by Crippen LogP contribution is -2.57. The molecule has 0 radical (unpaired) electrons. The van der Waals surface area contributed by atoms with Crippen LogP contribution in [0.15, 0.2) is 0 Å². The van der Waals surface area contributed by atoms with Crippen LogP contribution in [0.25, 0.3) is 0 Å². The molecule has 3 atom stereocenters. The first-order valence-corrected chi connectivity index (χ1v) is 6.19. The summed E-state index contributed by atoms with van der Waals surface area (Å²) in [6.07, 6.45) is 0. The molecule has 1 aliphatic heterocycles. The Morgan fingerprint density at radius 2 is 1.88 bits per heavy atom. The summed E-state index contributed by atoms with van der Waals surface area (Å²) in [5.41, 5.74) is 0. The van der Waals surface area contributed by atoms with Crippen molar-refractivity contribution >= 4 is 0 Å². The van der Waals surface area contributed by atoms with E-state index in [1.807, 2.05) is 7.05 Å². The lowest BCUT2D eigenvalue weighted by atomic mass is 10.1. The molecule has 3 unspecified atom stereocenters. The summed E-state index contributed by atoms with van der Waals surface area (Å²) in [6.45, 7) is 8.77. The summed E-state index contributed by atoms with van der Waals surface area (Å²) in [5.74, 6) is 0. The summed E-state index contributed by atoms with van der Waals surface area (Å²) in [6, 6.07) is 1.72. The number of methoxy groups -OCH3 is 1. The molecular formula is C12H27N3O. The largest absolute Gasteiger partial charge is 0.383 e. The molecule has 4 heteroatoms. The summed E-state index contributed by atoms with van der Waals surface area (Å²) in [5, 5.41) is 3.31. The SMILES string of the molecule is CNC(COC)CN1CC(C)N(C)C(C)C1. The molecule has 0 saturated carbocycles. The van der Waals surface area contributed by atoms with Gasteiger partial charge in [-0.05, 0) is 27.9 Å². The van der Waals surface area contributed by atoms with Crippen LogP contribution in [0, 0.1) is 0 Å². The number of piperazine rings is 1. The minimum atomic E-state index is 0.438. The molecular weight excluding hydrogens is 202 g/mol. The lowest BCUT2D eigenvalue weighted by molar-refractivity contribution is 0.0463. The van der Waals surface area contributed by atoms with Gasteiger partial charge in [0.15, 0.2) is 0 Å². The third-order valence-electron chi connectivity index (χ3n) is 3.69. The molecule has 96 valence electrons. The van der Waals surface area contributed by atoms with Gasteiger partial charge in [-0.15, -0.1) is 0 Å². The number of likely N-dealkylation sites (N-methyl/N-ethyl adjacent to an activating group) is 2. The van der Waals surface area contributed by atoms with Crippen LogP contribution in [0.2, 0.25) is 0 Å². The predicted molar refractivity (Wildman–Crippen MR) is 67.9 cm³/mol. The highest BCUT2D eigenvalue weighted by Crippen LogP contribution is 2.13. The predicted octanol–water partition coefficient (Wildman–Crippen LogP) is 0.245. The quantitative estimate of drug-likeness (QED) is 0.731. The summed E-state index contributed by atoms with van der Waals surface area (Å²) < 4.78 is 5.21. The van der Waals surface area contributed by atoms with E-state index in [0.717, 1.165) is 26.2 Å². The van der Waals surface area contributed by atoms with E-state index in [4.69, 9.17) is 4.74 Å². The summed E-state index contributed by atoms with van der Waals surface area (Å²) in [7, 11) is 5.99. The monoisotopic (exact) mass is 229 g/mol. The van der Waals surface area contributed by atoms with Gasteiger partial charge in [0, 0.05) is 44.9 Å². The van der Waals surface area contributed by atoms with Crippen molar-refractivity contribution in [2.24, 2.45) is 0 Å². The lowest BCUT2D eigenvalue weighted by Gasteiger charge is -2.43. The minimum Gasteiger partial charge on any atom is -0.383 e. The number of nitrogens with zero attached hydrogens (tertiary/aromatic N) is 2. The molecule has 0 aliphatic carbocycles. The molecule has 4 nitrogen and oxygen atoms in total. The van der Waals surface area contributed by atoms with Gasteiger partial charge in [-0.2, -0.15) is 0 Å². The van der Waals surface area contributed by atoms with Gasteiger partial charge in [-0.25, -0.2) is 0 Å². The second-order valence-electron chi connectivity index (χ2n) is 5.02. The second kappa shape index (κ2) is 6.55. The van der Waals surface area contributed by atoms with Crippen LogP contribution in [0.4, 0.5) is 0 Å². The van der Waals surface area contributed by atoms with E-state index in [0.29, 0.717) is 18.1 Å². The molecule has 0 aromatic rings. The van der Waals surface area contributed by atoms with E-state index in [-0.39, 0.29) is 0 Å². The molecule has 0 aromatic carbocycles. The van der Waals surface area contributed by atoms with Crippen molar-refractivity contribution in [3.63, 3.8) is 0 Å². The average Bonchev–Trinajstić information content (AvgIpc) is 2.25. The van der Waals surface area contributed by atoms with Gasteiger partial charge in [0.2, 0.25) is 0 Å². The fraction of sp³-hybridized carbons (Fsp3) is 1.00. The van der Waals surface area contributed by atoms with E-state index < -0.39 is 0 Å². The van der Waals surface area contributed by atoms with Crippen molar-refractivity contribution in [3.8, 4) is 0 Å². The number of hydrogen-bond acceptors (Lipinski definition) is 4. The molecule has 1 fully saturated rings. The van der Waals surface area contributed by atoms with Gasteiger partial charge in [0.05, 0.1) is 6.61 Å². The highest BCUT2D eigenvalue weighted by atomic mass is 16.5. The van der Waals surface area contributed by atoms with Crippen LogP contribution in [0.5, 0.6) is 0 Å². The highest BCUT2D eigenvalue weighted by molar-refractivity contribution is 4.84. The maximum Gasteiger partial charge on any atom is 0.0628 e. The first-order chi connectivity index (χ1) is 7.58. The van der Waals surface area contributed by atoms with Crippen LogP contribution in [-0.4, -0.2) is 75.4 Å². The van der Waals surface area contributed by atoms with Gasteiger partial charge in [-0.3, -0.25) is 9.80 Å². The zero-order valence-electron chi connectivity index (χ0n) is 11.4. The fourth-order valence-electron chi connectivity index (χ4n) is 2.40. The molecule has 1 rings (SSSR count). The third kappa shape index (κ3) is 3.70. The van der Waals surface area contributed by atoms with E-state index >= 15 is 0 Å². The Bertz CT molecular complexity index is 189. The van der Waals surface area contributed by atoms with Crippen molar-refractivity contribution < 1.29 is 4.74 Å². The topological polar surface area (TPSA) is 27.7 Å². The molecule has 1 N–H and O–H groups in total. The smallest absolute Gasteiger partial charge is 0.0628 e. The van der Waals surface area contributed by atoms with E-state index in [1.54, 1.807) is 7.11 Å². The summed E-state index contributed by atoms with van der Waals surface area (Å²) >= 11 is 0. The Balaban J connectivity index is 2.42. The Kier molecular flexibility index (Phi) is 5.69. The molecule has 0 aromatic heterocycles. The third-order valence-corrected chi connectivity index (χ3v) is 3.69. The van der Waals surface area contributed by atoms with Gasteiger partial charge >= 0.3 is 0 Å². The normalized spacial score (nSPS) is 30.6. The Hall–Kier alpha value is -0.160. The average molecular weight is 229 g/mol. The van der Waals surface area contributed by atoms with Crippen LogP contribution in [0.3, 0.4) is 0 Å². The van der Waals surface area contributed by atoms with Gasteiger partial charge in [0.1, 0.15) is 0 Å². The fourth-order valence-corrected chi connectivity index (χ4v) is 2.40. The summed E-state index contributed by atoms with van der Waals surface area (Å²) in [4.78, 5) is 5.00. The highest BCUT2D eigenvalue weighted by Gasteiger charge is 2.27. The van der Waals surface area contributed by atoms with Crippen LogP contribution in [-0.2, 0) is 4.74 Å². The first-order valence-electron chi connectivity index (χ1n) is 6.19. The van der Waals surface area contributed by atoms with Crippen molar-refractivity contribution in [1.29, 1.82) is 0 Å². The number of hydrogen-bond donors (Lipinski definition) is 1. The van der Waals surface area contributed by atoms with Crippen LogP contribution in [0.1, 0.15) is 13.8 Å². The molecule has 0 spiro atoms. The standard InChI is InChI=1S/C12H27N3O/c1-10-6-15(7-11(2)14(10)4)8-12(13-3)9-16-5/h10-13H,6-9H2,1-5H3.